The van der Waals surface area contributed by atoms with Crippen LogP contribution in [0.3, 0.4) is 0 Å². The zero-order valence-electron chi connectivity index (χ0n) is 10.6. The molecule has 0 atom stereocenters. The summed E-state index contributed by atoms with van der Waals surface area (Å²) in [6.45, 7) is 11.4. The predicted octanol–water partition coefficient (Wildman–Crippen LogP) is 2.30. The highest BCUT2D eigenvalue weighted by Gasteiger charge is 2.06. The molecular formula is C13H25N2+. The Hall–Kier alpha value is -1.02. The van der Waals surface area contributed by atoms with Crippen LogP contribution in [0, 0.1) is 0 Å². The Bertz CT molecular complexity index is 254. The van der Waals surface area contributed by atoms with Gasteiger partial charge >= 0.3 is 0 Å². The fourth-order valence-electron chi connectivity index (χ4n) is 1.60. The molecule has 0 fully saturated rings. The molecule has 15 heavy (non-hydrogen) atoms. The van der Waals surface area contributed by atoms with Crippen LogP contribution in [-0.2, 0) is 6.54 Å². The Kier molecular flexibility index (Phi) is 7.74. The molecule has 1 aromatic carbocycles. The van der Waals surface area contributed by atoms with E-state index in [0.717, 1.165) is 19.6 Å². The molecule has 2 nitrogen and oxygen atoms in total. The van der Waals surface area contributed by atoms with Gasteiger partial charge in [0.25, 0.3) is 0 Å². The summed E-state index contributed by atoms with van der Waals surface area (Å²) in [6.07, 6.45) is 0. The van der Waals surface area contributed by atoms with Crippen LogP contribution in [0.4, 0.5) is 5.69 Å². The Morgan fingerprint density at radius 1 is 1.07 bits per heavy atom. The van der Waals surface area contributed by atoms with E-state index in [0.29, 0.717) is 0 Å². The van der Waals surface area contributed by atoms with Gasteiger partial charge in [-0.1, -0.05) is 32.0 Å². The summed E-state index contributed by atoms with van der Waals surface area (Å²) in [5.74, 6) is 0. The lowest BCUT2D eigenvalue weighted by Gasteiger charge is -2.22. The van der Waals surface area contributed by atoms with Crippen molar-refractivity contribution in [3.8, 4) is 0 Å². The van der Waals surface area contributed by atoms with Crippen molar-refractivity contribution in [2.24, 2.45) is 0 Å². The number of anilines is 1. The van der Waals surface area contributed by atoms with Crippen LogP contribution in [0.25, 0.3) is 0 Å². The molecule has 0 aliphatic carbocycles. The summed E-state index contributed by atoms with van der Waals surface area (Å²) in [7, 11) is 0. The Morgan fingerprint density at radius 3 is 2.07 bits per heavy atom. The lowest BCUT2D eigenvalue weighted by Crippen LogP contribution is -2.48. The number of benzene rings is 1. The number of hydrogen-bond acceptors (Lipinski definition) is 1. The molecule has 3 N–H and O–H groups in total. The molecule has 0 amide bonds. The standard InChI is InChI=1S/C11H18N2.C2H6/c1-3-13(4-2)11-8-6-5-7-10(11)9-12;1-2/h5-8H,3-4,9,12H2,1-2H3;1-2H3/p+1. The minimum absolute atomic E-state index is 0.868. The Labute approximate surface area is 94.1 Å². The highest BCUT2D eigenvalue weighted by Crippen LogP contribution is 2.18. The highest BCUT2D eigenvalue weighted by atomic mass is 15.1. The van der Waals surface area contributed by atoms with E-state index < -0.39 is 0 Å². The lowest BCUT2D eigenvalue weighted by atomic mass is 10.1. The zero-order valence-corrected chi connectivity index (χ0v) is 10.6. The Morgan fingerprint density at radius 2 is 1.60 bits per heavy atom. The monoisotopic (exact) mass is 209 g/mol. The molecule has 0 unspecified atom stereocenters. The van der Waals surface area contributed by atoms with Crippen molar-refractivity contribution < 1.29 is 5.73 Å². The van der Waals surface area contributed by atoms with Gasteiger partial charge in [0.1, 0.15) is 6.54 Å². The predicted molar refractivity (Wildman–Crippen MR) is 67.9 cm³/mol. The average molecular weight is 209 g/mol. The van der Waals surface area contributed by atoms with Gasteiger partial charge in [0.2, 0.25) is 0 Å². The average Bonchev–Trinajstić information content (AvgIpc) is 2.34. The van der Waals surface area contributed by atoms with Crippen molar-refractivity contribution in [1.82, 2.24) is 0 Å². The first-order valence-electron chi connectivity index (χ1n) is 5.95. The zero-order chi connectivity index (χ0) is 11.7. The van der Waals surface area contributed by atoms with Crippen LogP contribution in [0.2, 0.25) is 0 Å². The molecule has 2 heteroatoms. The van der Waals surface area contributed by atoms with Crippen LogP contribution in [0.1, 0.15) is 33.3 Å². The maximum Gasteiger partial charge on any atom is 0.102 e. The van der Waals surface area contributed by atoms with Crippen molar-refractivity contribution >= 4 is 5.69 Å². The summed E-state index contributed by atoms with van der Waals surface area (Å²) in [6, 6.07) is 8.49. The second-order valence-corrected chi connectivity index (χ2v) is 3.05. The van der Waals surface area contributed by atoms with E-state index in [1.165, 1.54) is 11.3 Å². The third-order valence-corrected chi connectivity index (χ3v) is 2.37. The molecule has 0 aromatic heterocycles. The largest absolute Gasteiger partial charge is 0.372 e. The SMILES string of the molecule is CC.CCN(CC)c1ccccc1C[NH3+]. The van der Waals surface area contributed by atoms with Crippen LogP contribution in [0.15, 0.2) is 24.3 Å². The number of nitrogens with zero attached hydrogens (tertiary/aromatic N) is 1. The molecule has 0 aliphatic heterocycles. The van der Waals surface area contributed by atoms with Crippen LogP contribution < -0.4 is 10.6 Å². The van der Waals surface area contributed by atoms with Gasteiger partial charge in [-0.15, -0.1) is 0 Å². The first-order valence-corrected chi connectivity index (χ1v) is 5.95. The van der Waals surface area contributed by atoms with Crippen molar-refractivity contribution in [3.63, 3.8) is 0 Å². The van der Waals surface area contributed by atoms with E-state index in [1.54, 1.807) is 0 Å². The summed E-state index contributed by atoms with van der Waals surface area (Å²) < 4.78 is 0. The highest BCUT2D eigenvalue weighted by molar-refractivity contribution is 5.53. The molecule has 0 radical (unpaired) electrons. The van der Waals surface area contributed by atoms with Gasteiger partial charge in [0.15, 0.2) is 0 Å². The Balaban J connectivity index is 0.000000921. The first kappa shape index (κ1) is 14.0. The minimum Gasteiger partial charge on any atom is -0.372 e. The van der Waals surface area contributed by atoms with Gasteiger partial charge in [0.05, 0.1) is 0 Å². The first-order chi connectivity index (χ1) is 7.33. The third kappa shape index (κ3) is 3.92. The molecule has 0 spiro atoms. The van der Waals surface area contributed by atoms with Crippen molar-refractivity contribution in [3.05, 3.63) is 29.8 Å². The molecule has 86 valence electrons. The van der Waals surface area contributed by atoms with E-state index in [1.807, 2.05) is 13.8 Å². The molecule has 0 saturated heterocycles. The molecule has 1 rings (SSSR count). The van der Waals surface area contributed by atoms with Gasteiger partial charge in [-0.05, 0) is 19.9 Å². The summed E-state index contributed by atoms with van der Waals surface area (Å²) in [5.41, 5.74) is 6.62. The fraction of sp³-hybridized carbons (Fsp3) is 0.538. The summed E-state index contributed by atoms with van der Waals surface area (Å²) in [4.78, 5) is 2.36. The quantitative estimate of drug-likeness (QED) is 0.810. The van der Waals surface area contributed by atoms with Crippen LogP contribution >= 0.6 is 0 Å². The van der Waals surface area contributed by atoms with Gasteiger partial charge in [0, 0.05) is 24.3 Å². The van der Waals surface area contributed by atoms with Gasteiger partial charge < -0.3 is 10.6 Å². The van der Waals surface area contributed by atoms with E-state index in [9.17, 15) is 0 Å². The van der Waals surface area contributed by atoms with Gasteiger partial charge in [-0.2, -0.15) is 0 Å². The van der Waals surface area contributed by atoms with Crippen LogP contribution in [-0.4, -0.2) is 13.1 Å². The van der Waals surface area contributed by atoms with Crippen molar-refractivity contribution in [1.29, 1.82) is 0 Å². The number of hydrogen-bond donors (Lipinski definition) is 1. The normalized spacial score (nSPS) is 9.13. The number of para-hydroxylation sites is 1. The van der Waals surface area contributed by atoms with E-state index in [2.05, 4.69) is 48.7 Å². The smallest absolute Gasteiger partial charge is 0.102 e. The molecule has 0 bridgehead atoms. The maximum atomic E-state index is 3.94. The van der Waals surface area contributed by atoms with E-state index in [4.69, 9.17) is 0 Å². The molecule has 0 heterocycles. The maximum absolute atomic E-state index is 3.94. The van der Waals surface area contributed by atoms with Gasteiger partial charge in [-0.25, -0.2) is 0 Å². The molecular weight excluding hydrogens is 184 g/mol. The summed E-state index contributed by atoms with van der Waals surface area (Å²) >= 11 is 0. The second-order valence-electron chi connectivity index (χ2n) is 3.05. The lowest BCUT2D eigenvalue weighted by molar-refractivity contribution is -0.386. The van der Waals surface area contributed by atoms with Crippen LogP contribution in [0.5, 0.6) is 0 Å². The topological polar surface area (TPSA) is 30.9 Å². The van der Waals surface area contributed by atoms with Gasteiger partial charge in [-0.3, -0.25) is 0 Å². The second kappa shape index (κ2) is 8.30. The molecule has 1 aromatic rings. The minimum atomic E-state index is 0.868. The van der Waals surface area contributed by atoms with E-state index >= 15 is 0 Å². The summed E-state index contributed by atoms with van der Waals surface area (Å²) in [5, 5.41) is 0. The van der Waals surface area contributed by atoms with Crippen molar-refractivity contribution in [2.45, 2.75) is 34.2 Å². The number of rotatable bonds is 4. The molecule has 0 saturated carbocycles. The fourth-order valence-corrected chi connectivity index (χ4v) is 1.60. The molecule has 0 aliphatic rings. The van der Waals surface area contributed by atoms with E-state index in [-0.39, 0.29) is 0 Å². The third-order valence-electron chi connectivity index (χ3n) is 2.37. The van der Waals surface area contributed by atoms with Crippen molar-refractivity contribution in [2.75, 3.05) is 18.0 Å². The number of quaternary nitrogens is 1.